The van der Waals surface area contributed by atoms with Crippen LogP contribution >= 0.6 is 0 Å². The molecule has 0 bridgehead atoms. The minimum absolute atomic E-state index is 0.113. The first kappa shape index (κ1) is 20.2. The summed E-state index contributed by atoms with van der Waals surface area (Å²) in [4.78, 5) is 30.4. The van der Waals surface area contributed by atoms with Crippen LogP contribution in [0.4, 0.5) is 25.0 Å². The molecule has 1 heterocycles. The number of hydrogen-bond acceptors (Lipinski definition) is 5. The number of methoxy groups -OCH3 is 1. The number of imidazole rings is 1. The number of carbonyl (C=O) groups is 2. The van der Waals surface area contributed by atoms with Crippen molar-refractivity contribution in [2.24, 2.45) is 0 Å². The highest BCUT2D eigenvalue weighted by Gasteiger charge is 2.14. The van der Waals surface area contributed by atoms with Gasteiger partial charge in [-0.15, -0.1) is 0 Å². The molecule has 3 aromatic rings. The van der Waals surface area contributed by atoms with Gasteiger partial charge < -0.3 is 19.8 Å². The van der Waals surface area contributed by atoms with Crippen molar-refractivity contribution in [2.75, 3.05) is 31.0 Å². The molecule has 0 spiro atoms. The van der Waals surface area contributed by atoms with E-state index in [0.717, 1.165) is 0 Å². The van der Waals surface area contributed by atoms with Gasteiger partial charge in [-0.1, -0.05) is 6.07 Å². The largest absolute Gasteiger partial charge is 0.447 e. The number of aromatic amines is 1. The van der Waals surface area contributed by atoms with Gasteiger partial charge in [-0.05, 0) is 36.4 Å². The Labute approximate surface area is 164 Å². The van der Waals surface area contributed by atoms with Crippen LogP contribution < -0.4 is 10.6 Å². The number of fused-ring (bicyclic) bond motifs is 1. The van der Waals surface area contributed by atoms with Gasteiger partial charge in [0.15, 0.2) is 5.82 Å². The molecule has 2 aromatic carbocycles. The Bertz CT molecular complexity index is 1020. The summed E-state index contributed by atoms with van der Waals surface area (Å²) in [6.07, 6.45) is -3.37. The molecule has 0 aliphatic rings. The quantitative estimate of drug-likeness (QED) is 0.517. The molecule has 0 aliphatic heterocycles. The molecule has 3 rings (SSSR count). The number of nitrogens with zero attached hydrogens (tertiary/aromatic N) is 1. The maximum atomic E-state index is 12.7. The maximum Gasteiger partial charge on any atom is 0.411 e. The molecular weight excluding hydrogens is 386 g/mol. The van der Waals surface area contributed by atoms with Gasteiger partial charge >= 0.3 is 6.09 Å². The molecule has 2 amide bonds. The Kier molecular flexibility index (Phi) is 6.35. The number of nitrogens with one attached hydrogen (secondary N) is 3. The van der Waals surface area contributed by atoms with Crippen molar-refractivity contribution in [2.45, 2.75) is 6.43 Å². The lowest BCUT2D eigenvalue weighted by Crippen LogP contribution is -2.17. The summed E-state index contributed by atoms with van der Waals surface area (Å²) in [5, 5.41) is 5.22. The van der Waals surface area contributed by atoms with Gasteiger partial charge in [-0.25, -0.2) is 18.6 Å². The van der Waals surface area contributed by atoms with Gasteiger partial charge in [0.2, 0.25) is 0 Å². The zero-order valence-electron chi connectivity index (χ0n) is 15.4. The maximum absolute atomic E-state index is 12.7. The normalized spacial score (nSPS) is 10.9. The zero-order chi connectivity index (χ0) is 20.8. The highest BCUT2D eigenvalue weighted by atomic mass is 19.3. The van der Waals surface area contributed by atoms with E-state index in [2.05, 4.69) is 20.6 Å². The fourth-order valence-corrected chi connectivity index (χ4v) is 2.52. The number of aromatic nitrogens is 2. The Morgan fingerprint density at radius 2 is 1.86 bits per heavy atom. The van der Waals surface area contributed by atoms with E-state index in [4.69, 9.17) is 9.47 Å². The number of carbonyl (C=O) groups excluding carboxylic acids is 2. The van der Waals surface area contributed by atoms with Crippen LogP contribution in [0.15, 0.2) is 42.5 Å². The van der Waals surface area contributed by atoms with Crippen LogP contribution in [0.3, 0.4) is 0 Å². The lowest BCUT2D eigenvalue weighted by Gasteiger charge is -2.09. The average Bonchev–Trinajstić information content (AvgIpc) is 3.12. The molecule has 0 saturated carbocycles. The van der Waals surface area contributed by atoms with Gasteiger partial charge in [0.25, 0.3) is 12.3 Å². The van der Waals surface area contributed by atoms with Crippen LogP contribution in [0.2, 0.25) is 0 Å². The lowest BCUT2D eigenvalue weighted by molar-refractivity contribution is 0.102. The molecule has 0 aliphatic carbocycles. The SMILES string of the molecule is COCCOC(=O)Nc1cccc(NC(=O)c2ccc3nc(C(F)F)[nH]c3c2)c1. The molecule has 8 nitrogen and oxygen atoms in total. The first-order valence-electron chi connectivity index (χ1n) is 8.58. The lowest BCUT2D eigenvalue weighted by atomic mass is 10.2. The third-order valence-electron chi connectivity index (χ3n) is 3.86. The Balaban J connectivity index is 1.67. The number of H-pyrrole nitrogens is 1. The van der Waals surface area contributed by atoms with E-state index in [1.54, 1.807) is 24.3 Å². The van der Waals surface area contributed by atoms with Crippen molar-refractivity contribution >= 4 is 34.4 Å². The summed E-state index contributed by atoms with van der Waals surface area (Å²) in [5.74, 6) is -0.895. The molecule has 3 N–H and O–H groups in total. The van der Waals surface area contributed by atoms with Crippen LogP contribution in [0.25, 0.3) is 11.0 Å². The van der Waals surface area contributed by atoms with Crippen molar-refractivity contribution in [1.82, 2.24) is 9.97 Å². The number of benzene rings is 2. The number of alkyl halides is 2. The second kappa shape index (κ2) is 9.11. The van der Waals surface area contributed by atoms with E-state index in [-0.39, 0.29) is 18.8 Å². The van der Waals surface area contributed by atoms with Crippen molar-refractivity contribution in [1.29, 1.82) is 0 Å². The molecule has 10 heteroatoms. The van der Waals surface area contributed by atoms with E-state index in [1.165, 1.54) is 25.3 Å². The van der Waals surface area contributed by atoms with Crippen LogP contribution in [0.1, 0.15) is 22.6 Å². The van der Waals surface area contributed by atoms with Gasteiger partial charge in [0.05, 0.1) is 17.6 Å². The number of halogens is 2. The monoisotopic (exact) mass is 404 g/mol. The Hall–Kier alpha value is -3.53. The molecule has 0 fully saturated rings. The summed E-state index contributed by atoms with van der Waals surface area (Å²) in [6, 6.07) is 10.9. The van der Waals surface area contributed by atoms with Crippen LogP contribution in [0.5, 0.6) is 0 Å². The number of anilines is 2. The van der Waals surface area contributed by atoms with Gasteiger partial charge in [-0.3, -0.25) is 10.1 Å². The van der Waals surface area contributed by atoms with Crippen LogP contribution in [0, 0.1) is 0 Å². The van der Waals surface area contributed by atoms with Gasteiger partial charge in [0, 0.05) is 24.0 Å². The summed E-state index contributed by atoms with van der Waals surface area (Å²) in [6.45, 7) is 0.394. The molecule has 1 aromatic heterocycles. The number of amides is 2. The smallest absolute Gasteiger partial charge is 0.411 e. The topological polar surface area (TPSA) is 105 Å². The second-order valence-electron chi connectivity index (χ2n) is 5.94. The Morgan fingerprint density at radius 1 is 1.10 bits per heavy atom. The van der Waals surface area contributed by atoms with E-state index < -0.39 is 24.3 Å². The predicted octanol–water partition coefficient (Wildman–Crippen LogP) is 3.95. The van der Waals surface area contributed by atoms with Crippen molar-refractivity contribution in [3.05, 3.63) is 53.9 Å². The molecule has 152 valence electrons. The van der Waals surface area contributed by atoms with E-state index in [1.807, 2.05) is 0 Å². The fourth-order valence-electron chi connectivity index (χ4n) is 2.52. The second-order valence-corrected chi connectivity index (χ2v) is 5.94. The van der Waals surface area contributed by atoms with E-state index in [0.29, 0.717) is 22.4 Å². The predicted molar refractivity (Wildman–Crippen MR) is 102 cm³/mol. The summed E-state index contributed by atoms with van der Waals surface area (Å²) >= 11 is 0. The first-order chi connectivity index (χ1) is 14.0. The van der Waals surface area contributed by atoms with Crippen LogP contribution in [-0.4, -0.2) is 42.3 Å². The molecule has 0 radical (unpaired) electrons. The fraction of sp³-hybridized carbons (Fsp3) is 0.211. The van der Waals surface area contributed by atoms with Crippen molar-refractivity contribution in [3.63, 3.8) is 0 Å². The molecule has 0 saturated heterocycles. The first-order valence-corrected chi connectivity index (χ1v) is 8.58. The third kappa shape index (κ3) is 5.26. The Morgan fingerprint density at radius 3 is 2.59 bits per heavy atom. The molecular formula is C19H18F2N4O4. The van der Waals surface area contributed by atoms with E-state index in [9.17, 15) is 18.4 Å². The summed E-state index contributed by atoms with van der Waals surface area (Å²) in [7, 11) is 1.50. The minimum atomic E-state index is -2.73. The number of ether oxygens (including phenoxy) is 2. The molecule has 29 heavy (non-hydrogen) atoms. The standard InChI is InChI=1S/C19H18F2N4O4/c1-28-7-8-29-19(27)23-13-4-2-3-12(10-13)22-18(26)11-5-6-14-15(9-11)25-17(24-14)16(20)21/h2-6,9-10,16H,7-8H2,1H3,(H,22,26)(H,23,27)(H,24,25). The van der Waals surface area contributed by atoms with Gasteiger partial charge in [-0.2, -0.15) is 0 Å². The van der Waals surface area contributed by atoms with Crippen molar-refractivity contribution in [3.8, 4) is 0 Å². The molecule has 0 unspecified atom stereocenters. The number of rotatable bonds is 7. The van der Waals surface area contributed by atoms with Crippen LogP contribution in [-0.2, 0) is 9.47 Å². The zero-order valence-corrected chi connectivity index (χ0v) is 15.4. The van der Waals surface area contributed by atoms with E-state index >= 15 is 0 Å². The van der Waals surface area contributed by atoms with Gasteiger partial charge in [0.1, 0.15) is 6.61 Å². The van der Waals surface area contributed by atoms with Crippen molar-refractivity contribution < 1.29 is 27.8 Å². The highest BCUT2D eigenvalue weighted by Crippen LogP contribution is 2.21. The average molecular weight is 404 g/mol. The highest BCUT2D eigenvalue weighted by molar-refractivity contribution is 6.06. The summed E-state index contributed by atoms with van der Waals surface area (Å²) in [5.41, 5.74) is 1.80. The third-order valence-corrected chi connectivity index (χ3v) is 3.86. The minimum Gasteiger partial charge on any atom is -0.447 e. The molecule has 0 atom stereocenters. The summed E-state index contributed by atoms with van der Waals surface area (Å²) < 4.78 is 35.2. The number of hydrogen-bond donors (Lipinski definition) is 3.